The highest BCUT2D eigenvalue weighted by molar-refractivity contribution is 7.92. The second kappa shape index (κ2) is 9.08. The molecule has 0 aliphatic carbocycles. The molecule has 9 heteroatoms. The molecule has 8 nitrogen and oxygen atoms in total. The normalized spacial score (nSPS) is 16.7. The molecule has 2 aromatic rings. The van der Waals surface area contributed by atoms with Crippen LogP contribution in [0.1, 0.15) is 30.3 Å². The molecule has 0 spiro atoms. The Labute approximate surface area is 175 Å². The highest BCUT2D eigenvalue weighted by Gasteiger charge is 2.31. The SMILES string of the molecule is C=C/C=C\C(=C/C)CNC(=O)c1nc(N2CCCCS2(=O)=O)c2cccnc2c1O. The molecular weight excluding hydrogens is 404 g/mol. The van der Waals surface area contributed by atoms with Crippen LogP contribution in [0, 0.1) is 0 Å². The molecule has 3 heterocycles. The molecule has 0 unspecified atom stereocenters. The first-order chi connectivity index (χ1) is 14.4. The van der Waals surface area contributed by atoms with Crippen molar-refractivity contribution < 1.29 is 18.3 Å². The second-order valence-corrected chi connectivity index (χ2v) is 8.78. The number of hydrogen-bond acceptors (Lipinski definition) is 6. The van der Waals surface area contributed by atoms with Crippen LogP contribution in [0.3, 0.4) is 0 Å². The third-order valence-corrected chi connectivity index (χ3v) is 6.62. The lowest BCUT2D eigenvalue weighted by Crippen LogP contribution is -2.39. The number of hydrogen-bond donors (Lipinski definition) is 2. The van der Waals surface area contributed by atoms with E-state index < -0.39 is 15.9 Å². The van der Waals surface area contributed by atoms with Crippen LogP contribution in [0.15, 0.2) is 54.8 Å². The van der Waals surface area contributed by atoms with E-state index in [1.807, 2.05) is 13.0 Å². The number of allylic oxidation sites excluding steroid dienone is 3. The average Bonchev–Trinajstić information content (AvgIpc) is 2.74. The number of amides is 1. The summed E-state index contributed by atoms with van der Waals surface area (Å²) < 4.78 is 26.5. The van der Waals surface area contributed by atoms with Crippen molar-refractivity contribution in [1.29, 1.82) is 0 Å². The second-order valence-electron chi connectivity index (χ2n) is 6.77. The Bertz CT molecular complexity index is 1140. The van der Waals surface area contributed by atoms with Gasteiger partial charge in [0.1, 0.15) is 5.52 Å². The Morgan fingerprint density at radius 3 is 2.90 bits per heavy atom. The molecule has 0 aromatic carbocycles. The molecule has 0 atom stereocenters. The lowest BCUT2D eigenvalue weighted by Gasteiger charge is -2.28. The van der Waals surface area contributed by atoms with Crippen molar-refractivity contribution in [2.75, 3.05) is 23.1 Å². The molecule has 1 amide bonds. The van der Waals surface area contributed by atoms with Crippen LogP contribution < -0.4 is 9.62 Å². The number of aromatic nitrogens is 2. The zero-order valence-electron chi connectivity index (χ0n) is 16.7. The fourth-order valence-corrected chi connectivity index (χ4v) is 4.80. The molecule has 30 heavy (non-hydrogen) atoms. The predicted octanol–water partition coefficient (Wildman–Crippen LogP) is 2.68. The summed E-state index contributed by atoms with van der Waals surface area (Å²) in [7, 11) is -3.56. The van der Waals surface area contributed by atoms with Gasteiger partial charge in [-0.05, 0) is 37.5 Å². The molecular formula is C21H24N4O4S. The van der Waals surface area contributed by atoms with Crippen molar-refractivity contribution in [2.24, 2.45) is 0 Å². The number of fused-ring (bicyclic) bond motifs is 1. The summed E-state index contributed by atoms with van der Waals surface area (Å²) in [6, 6.07) is 3.27. The topological polar surface area (TPSA) is 112 Å². The van der Waals surface area contributed by atoms with Gasteiger partial charge in [-0.2, -0.15) is 0 Å². The summed E-state index contributed by atoms with van der Waals surface area (Å²) in [5.41, 5.74) is 0.701. The summed E-state index contributed by atoms with van der Waals surface area (Å²) in [6.07, 6.45) is 9.73. The quantitative estimate of drug-likeness (QED) is 0.684. The molecule has 0 saturated carbocycles. The number of carbonyl (C=O) groups is 1. The van der Waals surface area contributed by atoms with Crippen LogP contribution in [-0.2, 0) is 10.0 Å². The lowest BCUT2D eigenvalue weighted by atomic mass is 10.1. The van der Waals surface area contributed by atoms with Crippen molar-refractivity contribution in [3.63, 3.8) is 0 Å². The summed E-state index contributed by atoms with van der Waals surface area (Å²) >= 11 is 0. The van der Waals surface area contributed by atoms with Crippen LogP contribution in [0.2, 0.25) is 0 Å². The van der Waals surface area contributed by atoms with Crippen LogP contribution in [0.25, 0.3) is 10.9 Å². The third kappa shape index (κ3) is 4.35. The summed E-state index contributed by atoms with van der Waals surface area (Å²) in [5, 5.41) is 13.7. The van der Waals surface area contributed by atoms with Gasteiger partial charge in [-0.3, -0.25) is 14.1 Å². The number of aromatic hydroxyl groups is 1. The Kier molecular flexibility index (Phi) is 6.51. The maximum Gasteiger partial charge on any atom is 0.274 e. The molecule has 1 saturated heterocycles. The van der Waals surface area contributed by atoms with E-state index in [1.165, 1.54) is 10.5 Å². The molecule has 1 fully saturated rings. The first-order valence-corrected chi connectivity index (χ1v) is 11.2. The highest BCUT2D eigenvalue weighted by atomic mass is 32.2. The largest absolute Gasteiger partial charge is 0.504 e. The Balaban J connectivity index is 2.03. The first-order valence-electron chi connectivity index (χ1n) is 9.59. The van der Waals surface area contributed by atoms with Crippen LogP contribution >= 0.6 is 0 Å². The van der Waals surface area contributed by atoms with Crippen molar-refractivity contribution in [3.05, 3.63) is 60.5 Å². The van der Waals surface area contributed by atoms with E-state index in [1.54, 1.807) is 30.4 Å². The van der Waals surface area contributed by atoms with E-state index >= 15 is 0 Å². The van der Waals surface area contributed by atoms with Crippen molar-refractivity contribution in [3.8, 4) is 5.75 Å². The Hall–Kier alpha value is -3.20. The maximum atomic E-state index is 12.8. The number of anilines is 1. The smallest absolute Gasteiger partial charge is 0.274 e. The monoisotopic (exact) mass is 428 g/mol. The highest BCUT2D eigenvalue weighted by Crippen LogP contribution is 2.34. The van der Waals surface area contributed by atoms with Gasteiger partial charge in [0.25, 0.3) is 5.91 Å². The number of sulfonamides is 1. The molecule has 0 bridgehead atoms. The van der Waals surface area contributed by atoms with E-state index in [9.17, 15) is 18.3 Å². The van der Waals surface area contributed by atoms with Crippen molar-refractivity contribution in [1.82, 2.24) is 15.3 Å². The maximum absolute atomic E-state index is 12.8. The van der Waals surface area contributed by atoms with Gasteiger partial charge in [0.05, 0.1) is 5.75 Å². The van der Waals surface area contributed by atoms with E-state index in [2.05, 4.69) is 21.9 Å². The summed E-state index contributed by atoms with van der Waals surface area (Å²) in [5.74, 6) is -0.885. The number of nitrogens with one attached hydrogen (secondary N) is 1. The fourth-order valence-electron chi connectivity index (χ4n) is 3.20. The average molecular weight is 429 g/mol. The minimum Gasteiger partial charge on any atom is -0.504 e. The molecule has 1 aliphatic heterocycles. The predicted molar refractivity (Wildman–Crippen MR) is 117 cm³/mol. The molecule has 2 aromatic heterocycles. The van der Waals surface area contributed by atoms with Gasteiger partial charge >= 0.3 is 0 Å². The molecule has 3 rings (SSSR count). The van der Waals surface area contributed by atoms with E-state index in [0.29, 0.717) is 18.2 Å². The number of nitrogens with zero attached hydrogens (tertiary/aromatic N) is 3. The lowest BCUT2D eigenvalue weighted by molar-refractivity contribution is 0.0949. The standard InChI is InChI=1S/C21H24N4O4S/c1-3-5-9-15(4-2)14-23-21(27)18-19(26)17-16(10-8-11-22-17)20(24-18)25-12-6-7-13-30(25,28)29/h3-5,8-11,26H,1,6-7,12-14H2,2H3,(H,23,27)/b9-5-,15-4+. The van der Waals surface area contributed by atoms with Gasteiger partial charge < -0.3 is 10.4 Å². The first kappa shape index (κ1) is 21.5. The van der Waals surface area contributed by atoms with Crippen LogP contribution in [-0.4, -0.2) is 48.2 Å². The Morgan fingerprint density at radius 1 is 1.40 bits per heavy atom. The molecule has 2 N–H and O–H groups in total. The van der Waals surface area contributed by atoms with Crippen LogP contribution in [0.4, 0.5) is 5.82 Å². The Morgan fingerprint density at radius 2 is 2.20 bits per heavy atom. The number of pyridine rings is 2. The summed E-state index contributed by atoms with van der Waals surface area (Å²) in [4.78, 5) is 21.2. The van der Waals surface area contributed by atoms with Gasteiger partial charge in [0.15, 0.2) is 17.3 Å². The van der Waals surface area contributed by atoms with Gasteiger partial charge in [-0.25, -0.2) is 13.4 Å². The number of carbonyl (C=O) groups excluding carboxylic acids is 1. The van der Waals surface area contributed by atoms with Gasteiger partial charge in [0.2, 0.25) is 10.0 Å². The molecule has 1 aliphatic rings. The van der Waals surface area contributed by atoms with Gasteiger partial charge in [-0.1, -0.05) is 30.9 Å². The third-order valence-electron chi connectivity index (χ3n) is 4.79. The molecule has 0 radical (unpaired) electrons. The summed E-state index contributed by atoms with van der Waals surface area (Å²) in [6.45, 7) is 5.92. The van der Waals surface area contributed by atoms with Gasteiger partial charge in [0, 0.05) is 24.7 Å². The van der Waals surface area contributed by atoms with E-state index in [4.69, 9.17) is 0 Å². The van der Waals surface area contributed by atoms with Crippen molar-refractivity contribution >= 4 is 32.7 Å². The molecule has 158 valence electrons. The van der Waals surface area contributed by atoms with E-state index in [-0.39, 0.29) is 41.6 Å². The fraction of sp³-hybridized carbons (Fsp3) is 0.286. The minimum atomic E-state index is -3.56. The zero-order chi connectivity index (χ0) is 21.7. The number of rotatable bonds is 6. The van der Waals surface area contributed by atoms with E-state index in [0.717, 1.165) is 5.57 Å². The van der Waals surface area contributed by atoms with Crippen molar-refractivity contribution in [2.45, 2.75) is 19.8 Å². The minimum absolute atomic E-state index is 0.0130. The van der Waals surface area contributed by atoms with Gasteiger partial charge in [-0.15, -0.1) is 0 Å². The van der Waals surface area contributed by atoms with Crippen LogP contribution in [0.5, 0.6) is 5.75 Å². The zero-order valence-corrected chi connectivity index (χ0v) is 17.5.